The number of amides is 2. The Morgan fingerprint density at radius 3 is 2.03 bits per heavy atom. The molecule has 0 spiro atoms. The van der Waals surface area contributed by atoms with Crippen LogP contribution in [0.5, 0.6) is 0 Å². The molecule has 0 unspecified atom stereocenters. The predicted octanol–water partition coefficient (Wildman–Crippen LogP) is 4.00. The third-order valence-corrected chi connectivity index (χ3v) is 6.39. The Morgan fingerprint density at radius 1 is 0.906 bits per heavy atom. The van der Waals surface area contributed by atoms with Gasteiger partial charge in [-0.2, -0.15) is 0 Å². The number of ketones is 1. The number of Topliss-reactive ketones (excluding diaryl/α,β-unsaturated/α-hetero) is 1. The number of esters is 1. The average molecular weight is 448 g/mol. The summed E-state index contributed by atoms with van der Waals surface area (Å²) >= 11 is 5.82. The molecule has 1 aliphatic heterocycles. The Morgan fingerprint density at radius 2 is 1.47 bits per heavy atom. The highest BCUT2D eigenvalue weighted by Gasteiger charge is 2.40. The number of imide groups is 1. The molecule has 6 nitrogen and oxygen atoms in total. The first kappa shape index (κ1) is 20.4. The van der Waals surface area contributed by atoms with Crippen molar-refractivity contribution in [1.29, 1.82) is 0 Å². The molecule has 0 aromatic heterocycles. The van der Waals surface area contributed by atoms with Crippen LogP contribution in [0.25, 0.3) is 10.8 Å². The van der Waals surface area contributed by atoms with E-state index in [1.165, 1.54) is 19.1 Å². The molecule has 1 atom stereocenters. The van der Waals surface area contributed by atoms with Gasteiger partial charge in [0.2, 0.25) is 0 Å². The zero-order valence-corrected chi connectivity index (χ0v) is 17.9. The zero-order chi connectivity index (χ0) is 22.6. The van der Waals surface area contributed by atoms with E-state index in [9.17, 15) is 19.2 Å². The van der Waals surface area contributed by atoms with E-state index in [0.29, 0.717) is 27.1 Å². The van der Waals surface area contributed by atoms with E-state index >= 15 is 0 Å². The van der Waals surface area contributed by atoms with Crippen molar-refractivity contribution in [3.05, 3.63) is 81.4 Å². The largest absolute Gasteiger partial charge is 0.456 e. The molecule has 0 saturated carbocycles. The topological polar surface area (TPSA) is 80.8 Å². The number of halogens is 1. The Bertz CT molecular complexity index is 1270. The van der Waals surface area contributed by atoms with Crippen molar-refractivity contribution in [2.24, 2.45) is 0 Å². The summed E-state index contributed by atoms with van der Waals surface area (Å²) in [7, 11) is 0. The van der Waals surface area contributed by atoms with Crippen LogP contribution in [0.2, 0.25) is 5.02 Å². The fourth-order valence-electron chi connectivity index (χ4n) is 4.47. The van der Waals surface area contributed by atoms with Crippen LogP contribution in [0.15, 0.2) is 48.5 Å². The number of rotatable bonds is 5. The van der Waals surface area contributed by atoms with Crippen molar-refractivity contribution in [2.75, 3.05) is 6.61 Å². The smallest absolute Gasteiger partial charge is 0.329 e. The number of nitrogens with zero attached hydrogens (tertiary/aromatic N) is 1. The highest BCUT2D eigenvalue weighted by molar-refractivity contribution is 6.30. The summed E-state index contributed by atoms with van der Waals surface area (Å²) in [6, 6.07) is 12.3. The van der Waals surface area contributed by atoms with E-state index in [4.69, 9.17) is 16.3 Å². The summed E-state index contributed by atoms with van der Waals surface area (Å²) in [4.78, 5) is 52.3. The second-order valence-corrected chi connectivity index (χ2v) is 8.42. The van der Waals surface area contributed by atoms with Crippen molar-refractivity contribution in [1.82, 2.24) is 4.90 Å². The maximum Gasteiger partial charge on any atom is 0.329 e. The standard InChI is InChI=1S/C25H18ClNO5/c1-13(25(31)32-12-20(28)14-4-8-17(26)9-5-14)27-23(29)18-10-6-15-2-3-16-7-11-19(24(27)30)22(18)21(15)16/h4-11,13H,2-3,12H2,1H3/t13-/m0/s1. The van der Waals surface area contributed by atoms with Gasteiger partial charge in [0.1, 0.15) is 6.04 Å². The van der Waals surface area contributed by atoms with Crippen LogP contribution in [-0.4, -0.2) is 41.1 Å². The molecule has 1 heterocycles. The molecule has 7 heteroatoms. The number of benzene rings is 3. The quantitative estimate of drug-likeness (QED) is 0.335. The summed E-state index contributed by atoms with van der Waals surface area (Å²) in [6.07, 6.45) is 1.76. The highest BCUT2D eigenvalue weighted by Crippen LogP contribution is 2.38. The molecular weight excluding hydrogens is 430 g/mol. The lowest BCUT2D eigenvalue weighted by Crippen LogP contribution is -2.49. The second kappa shape index (κ2) is 7.57. The molecule has 0 radical (unpaired) electrons. The minimum Gasteiger partial charge on any atom is -0.456 e. The maximum atomic E-state index is 13.2. The summed E-state index contributed by atoms with van der Waals surface area (Å²) in [5.74, 6) is -2.31. The average Bonchev–Trinajstić information content (AvgIpc) is 3.22. The minimum absolute atomic E-state index is 0.345. The van der Waals surface area contributed by atoms with Gasteiger partial charge in [-0.15, -0.1) is 0 Å². The lowest BCUT2D eigenvalue weighted by atomic mass is 9.90. The summed E-state index contributed by atoms with van der Waals surface area (Å²) in [6.45, 7) is 0.924. The van der Waals surface area contributed by atoms with Gasteiger partial charge in [-0.25, -0.2) is 4.79 Å². The van der Waals surface area contributed by atoms with Crippen LogP contribution in [0.3, 0.4) is 0 Å². The van der Waals surface area contributed by atoms with Crippen LogP contribution in [0.4, 0.5) is 0 Å². The maximum absolute atomic E-state index is 13.2. The number of aryl methyl sites for hydroxylation is 2. The lowest BCUT2D eigenvalue weighted by molar-refractivity contribution is -0.146. The zero-order valence-electron chi connectivity index (χ0n) is 17.2. The molecule has 160 valence electrons. The number of hydrogen-bond donors (Lipinski definition) is 0. The van der Waals surface area contributed by atoms with Gasteiger partial charge < -0.3 is 4.74 Å². The van der Waals surface area contributed by atoms with E-state index in [1.807, 2.05) is 12.1 Å². The summed E-state index contributed by atoms with van der Waals surface area (Å²) in [5.41, 5.74) is 3.40. The van der Waals surface area contributed by atoms with Crippen molar-refractivity contribution in [3.63, 3.8) is 0 Å². The fraction of sp³-hybridized carbons (Fsp3) is 0.200. The van der Waals surface area contributed by atoms with Crippen LogP contribution in [0.1, 0.15) is 49.1 Å². The van der Waals surface area contributed by atoms with Crippen LogP contribution in [-0.2, 0) is 22.4 Å². The number of carbonyl (C=O) groups is 4. The first-order chi connectivity index (χ1) is 15.4. The molecular formula is C25H18ClNO5. The molecule has 2 aliphatic rings. The van der Waals surface area contributed by atoms with Crippen LogP contribution < -0.4 is 0 Å². The Hall–Kier alpha value is -3.51. The van der Waals surface area contributed by atoms with Crippen molar-refractivity contribution >= 4 is 45.9 Å². The Kier molecular flexibility index (Phi) is 4.82. The number of carbonyl (C=O) groups excluding carboxylic acids is 4. The first-order valence-electron chi connectivity index (χ1n) is 10.3. The predicted molar refractivity (Wildman–Crippen MR) is 118 cm³/mol. The molecule has 2 amide bonds. The van der Waals surface area contributed by atoms with E-state index in [1.54, 1.807) is 24.3 Å². The van der Waals surface area contributed by atoms with Crippen LogP contribution >= 0.6 is 11.6 Å². The Balaban J connectivity index is 1.38. The SMILES string of the molecule is C[C@@H](C(=O)OCC(=O)c1ccc(Cl)cc1)N1C(=O)c2ccc3c4c(ccc(c24)C1=O)CC3. The van der Waals surface area contributed by atoms with Crippen molar-refractivity contribution in [2.45, 2.75) is 25.8 Å². The van der Waals surface area contributed by atoms with Crippen LogP contribution in [0, 0.1) is 0 Å². The summed E-state index contributed by atoms with van der Waals surface area (Å²) < 4.78 is 5.14. The van der Waals surface area contributed by atoms with E-state index < -0.39 is 36.2 Å². The van der Waals surface area contributed by atoms with Crippen molar-refractivity contribution in [3.8, 4) is 0 Å². The first-order valence-corrected chi connectivity index (χ1v) is 10.7. The normalized spacial score (nSPS) is 15.2. The monoisotopic (exact) mass is 447 g/mol. The van der Waals surface area contributed by atoms with Gasteiger partial charge in [0.25, 0.3) is 11.8 Å². The van der Waals surface area contributed by atoms with Crippen molar-refractivity contribution < 1.29 is 23.9 Å². The van der Waals surface area contributed by atoms with Gasteiger partial charge >= 0.3 is 5.97 Å². The molecule has 32 heavy (non-hydrogen) atoms. The molecule has 5 rings (SSSR count). The molecule has 1 aliphatic carbocycles. The van der Waals surface area contributed by atoms with E-state index in [2.05, 4.69) is 0 Å². The Labute approximate surface area is 188 Å². The third kappa shape index (κ3) is 3.10. The van der Waals surface area contributed by atoms with E-state index in [-0.39, 0.29) is 0 Å². The third-order valence-electron chi connectivity index (χ3n) is 6.14. The van der Waals surface area contributed by atoms with E-state index in [0.717, 1.165) is 34.3 Å². The second-order valence-electron chi connectivity index (χ2n) is 7.99. The van der Waals surface area contributed by atoms with Gasteiger partial charge in [0.05, 0.1) is 0 Å². The van der Waals surface area contributed by atoms with Gasteiger partial charge in [0.15, 0.2) is 12.4 Å². The molecule has 0 N–H and O–H groups in total. The molecule has 3 aromatic rings. The van der Waals surface area contributed by atoms with Gasteiger partial charge in [-0.3, -0.25) is 19.3 Å². The van der Waals surface area contributed by atoms with Gasteiger partial charge in [0, 0.05) is 27.1 Å². The summed E-state index contributed by atoms with van der Waals surface area (Å²) in [5, 5.41) is 2.13. The van der Waals surface area contributed by atoms with Gasteiger partial charge in [-0.05, 0) is 72.7 Å². The highest BCUT2D eigenvalue weighted by atomic mass is 35.5. The number of ether oxygens (including phenoxy) is 1. The fourth-order valence-corrected chi connectivity index (χ4v) is 4.60. The molecule has 0 bridgehead atoms. The lowest BCUT2D eigenvalue weighted by Gasteiger charge is -2.31. The van der Waals surface area contributed by atoms with Gasteiger partial charge in [-0.1, -0.05) is 23.7 Å². The molecule has 3 aromatic carbocycles. The number of hydrogen-bond acceptors (Lipinski definition) is 5. The molecule has 0 fully saturated rings. The minimum atomic E-state index is -1.18. The molecule has 0 saturated heterocycles.